The molecule has 0 amide bonds. The van der Waals surface area contributed by atoms with E-state index in [9.17, 15) is 0 Å². The van der Waals surface area contributed by atoms with Crippen molar-refractivity contribution in [3.63, 3.8) is 0 Å². The Morgan fingerprint density at radius 3 is 2.57 bits per heavy atom. The van der Waals surface area contributed by atoms with Crippen LogP contribution >= 0.6 is 0 Å². The number of hydrogen-bond acceptors (Lipinski definition) is 2. The molecule has 2 nitrogen and oxygen atoms in total. The normalized spacial score (nSPS) is 16.9. The van der Waals surface area contributed by atoms with Gasteiger partial charge in [-0.05, 0) is 5.92 Å². The highest BCUT2D eigenvalue weighted by atomic mass is 16.3. The zero-order chi connectivity index (χ0) is 6.57. The summed E-state index contributed by atoms with van der Waals surface area (Å²) in [5.74, 6) is 0.403. The Hall–Kier alpha value is -0.0800. The minimum atomic E-state index is 0.00694. The quantitative estimate of drug-likeness (QED) is 0.528. The standard InChI is InChI=1S/C5H13NO/c1-4(2)5(6)3-7/h4-5,7H,3,6H2,1-2H3/i7D. The monoisotopic (exact) mass is 104 g/mol. The predicted molar refractivity (Wildman–Crippen MR) is 29.9 cm³/mol. The molecule has 0 saturated heterocycles. The molecule has 0 heterocycles. The molecule has 0 aromatic carbocycles. The lowest BCUT2D eigenvalue weighted by Gasteiger charge is -2.10. The van der Waals surface area contributed by atoms with Crippen molar-refractivity contribution >= 4 is 0 Å². The third kappa shape index (κ3) is 2.60. The molecule has 0 bridgehead atoms. The summed E-state index contributed by atoms with van der Waals surface area (Å²) in [6.45, 7) is 4.34. The smallest absolute Gasteiger partial charge is 0.210 e. The van der Waals surface area contributed by atoms with Gasteiger partial charge in [0.2, 0.25) is 1.43 Å². The first-order chi connectivity index (χ1) is 3.68. The van der Waals surface area contributed by atoms with Crippen LogP contribution in [0.25, 0.3) is 0 Å². The molecule has 0 saturated carbocycles. The van der Waals surface area contributed by atoms with Crippen LogP contribution in [0.4, 0.5) is 0 Å². The highest BCUT2D eigenvalue weighted by molar-refractivity contribution is 4.61. The van der Waals surface area contributed by atoms with Crippen molar-refractivity contribution in [3.8, 4) is 0 Å². The van der Waals surface area contributed by atoms with E-state index in [0.717, 1.165) is 0 Å². The number of hydrogen-bond donors (Lipinski definition) is 2. The van der Waals surface area contributed by atoms with E-state index >= 15 is 0 Å². The van der Waals surface area contributed by atoms with Crippen LogP contribution in [-0.2, 0) is 0 Å². The molecule has 7 heavy (non-hydrogen) atoms. The van der Waals surface area contributed by atoms with E-state index in [4.69, 9.17) is 7.16 Å². The van der Waals surface area contributed by atoms with Gasteiger partial charge in [0, 0.05) is 6.04 Å². The highest BCUT2D eigenvalue weighted by Crippen LogP contribution is 1.94. The highest BCUT2D eigenvalue weighted by Gasteiger charge is 2.02. The predicted octanol–water partition coefficient (Wildman–Crippen LogP) is -0.0380. The van der Waals surface area contributed by atoms with E-state index in [1.165, 1.54) is 0 Å². The van der Waals surface area contributed by atoms with Crippen molar-refractivity contribution in [1.29, 1.82) is 1.43 Å². The molecule has 0 radical (unpaired) electrons. The van der Waals surface area contributed by atoms with Gasteiger partial charge in [-0.1, -0.05) is 13.8 Å². The molecule has 44 valence electrons. The van der Waals surface area contributed by atoms with Gasteiger partial charge >= 0.3 is 0 Å². The van der Waals surface area contributed by atoms with E-state index in [1.54, 1.807) is 0 Å². The minimum Gasteiger partial charge on any atom is -0.395 e. The largest absolute Gasteiger partial charge is 0.395 e. The van der Waals surface area contributed by atoms with Gasteiger partial charge < -0.3 is 10.8 Å². The van der Waals surface area contributed by atoms with Gasteiger partial charge in [0.05, 0.1) is 6.61 Å². The Labute approximate surface area is 45.8 Å². The third-order valence-electron chi connectivity index (χ3n) is 1.05. The van der Waals surface area contributed by atoms with Crippen LogP contribution in [0.2, 0.25) is 0 Å². The lowest BCUT2D eigenvalue weighted by atomic mass is 10.1. The summed E-state index contributed by atoms with van der Waals surface area (Å²) in [5.41, 5.74) is 5.48. The average molecular weight is 104 g/mol. The fourth-order valence-corrected chi connectivity index (χ4v) is 0.192. The van der Waals surface area contributed by atoms with Crippen molar-refractivity contribution in [2.45, 2.75) is 19.9 Å². The SMILES string of the molecule is [2H]OCC(N)C(C)C. The van der Waals surface area contributed by atoms with E-state index in [1.807, 2.05) is 13.8 Å². The molecule has 0 aliphatic heterocycles. The first-order valence-electron chi connectivity index (χ1n) is 2.93. The van der Waals surface area contributed by atoms with E-state index in [2.05, 4.69) is 5.11 Å². The van der Waals surface area contributed by atoms with Crippen LogP contribution in [0, 0.1) is 5.92 Å². The number of rotatable bonds is 3. The van der Waals surface area contributed by atoms with Crippen molar-refractivity contribution in [1.82, 2.24) is 0 Å². The van der Waals surface area contributed by atoms with Crippen molar-refractivity contribution in [2.75, 3.05) is 6.61 Å². The Morgan fingerprint density at radius 2 is 2.43 bits per heavy atom. The van der Waals surface area contributed by atoms with Crippen molar-refractivity contribution < 1.29 is 5.11 Å². The molecule has 2 heteroatoms. The second-order valence-corrected chi connectivity index (χ2v) is 2.07. The van der Waals surface area contributed by atoms with Gasteiger partial charge in [0.25, 0.3) is 0 Å². The topological polar surface area (TPSA) is 46.2 Å². The summed E-state index contributed by atoms with van der Waals surface area (Å²) in [5, 5.41) is 4.09. The molecule has 1 unspecified atom stereocenters. The van der Waals surface area contributed by atoms with Gasteiger partial charge in [-0.3, -0.25) is 0 Å². The molecule has 0 fully saturated rings. The summed E-state index contributed by atoms with van der Waals surface area (Å²) < 4.78 is 6.35. The molecule has 3 N–H and O–H groups in total. The molecule has 0 aliphatic rings. The maximum Gasteiger partial charge on any atom is 0.210 e. The van der Waals surface area contributed by atoms with Crippen LogP contribution in [0.1, 0.15) is 13.8 Å². The summed E-state index contributed by atoms with van der Waals surface area (Å²) in [6.07, 6.45) is 0. The fourth-order valence-electron chi connectivity index (χ4n) is 0.192. The van der Waals surface area contributed by atoms with E-state index < -0.39 is 0 Å². The van der Waals surface area contributed by atoms with Crippen LogP contribution in [0.3, 0.4) is 0 Å². The number of aliphatic hydroxyl groups excluding tert-OH is 1. The van der Waals surface area contributed by atoms with Crippen LogP contribution < -0.4 is 5.73 Å². The first-order valence-corrected chi connectivity index (χ1v) is 2.52. The van der Waals surface area contributed by atoms with E-state index in [-0.39, 0.29) is 6.04 Å². The van der Waals surface area contributed by atoms with Crippen LogP contribution in [0.15, 0.2) is 0 Å². The van der Waals surface area contributed by atoms with E-state index in [0.29, 0.717) is 12.5 Å². The number of nitrogens with two attached hydrogens (primary N) is 1. The second-order valence-electron chi connectivity index (χ2n) is 2.07. The van der Waals surface area contributed by atoms with Gasteiger partial charge in [-0.25, -0.2) is 0 Å². The second kappa shape index (κ2) is 2.99. The average Bonchev–Trinajstić information content (AvgIpc) is 1.67. The molecular formula is C5H13NO. The lowest BCUT2D eigenvalue weighted by molar-refractivity contribution is 0.238. The fraction of sp³-hybridized carbons (Fsp3) is 1.00. The summed E-state index contributed by atoms with van der Waals surface area (Å²) in [6, 6.07) is 0.00694. The van der Waals surface area contributed by atoms with Gasteiger partial charge in [0.1, 0.15) is 0 Å². The molecule has 0 rings (SSSR count). The summed E-state index contributed by atoms with van der Waals surface area (Å²) >= 11 is 0. The summed E-state index contributed by atoms with van der Waals surface area (Å²) in [4.78, 5) is 0. The van der Waals surface area contributed by atoms with Crippen LogP contribution in [0.5, 0.6) is 0 Å². The Kier molecular flexibility index (Phi) is 2.17. The Morgan fingerprint density at radius 1 is 1.86 bits per heavy atom. The van der Waals surface area contributed by atoms with Gasteiger partial charge in [-0.15, -0.1) is 0 Å². The van der Waals surface area contributed by atoms with Gasteiger partial charge in [0.15, 0.2) is 0 Å². The summed E-state index contributed by atoms with van der Waals surface area (Å²) in [7, 11) is 0. The van der Waals surface area contributed by atoms with Crippen molar-refractivity contribution in [3.05, 3.63) is 0 Å². The molecule has 1 atom stereocenters. The third-order valence-corrected chi connectivity index (χ3v) is 1.05. The molecule has 0 aromatic heterocycles. The minimum absolute atomic E-state index is 0.00694. The van der Waals surface area contributed by atoms with Gasteiger partial charge in [-0.2, -0.15) is 0 Å². The molecule has 0 spiro atoms. The number of aliphatic hydroxyl groups is 1. The Bertz CT molecular complexity index is 58.4. The van der Waals surface area contributed by atoms with Crippen molar-refractivity contribution in [2.24, 2.45) is 11.7 Å². The van der Waals surface area contributed by atoms with Crippen LogP contribution in [-0.4, -0.2) is 19.2 Å². The molecular weight excluding hydrogens is 90.1 g/mol. The maximum atomic E-state index is 6.35. The first kappa shape index (κ1) is 5.06. The molecule has 0 aromatic rings. The molecule has 0 aliphatic carbocycles. The zero-order valence-electron chi connectivity index (χ0n) is 5.85. The maximum absolute atomic E-state index is 6.35. The Balaban J connectivity index is 3.17. The lowest BCUT2D eigenvalue weighted by Crippen LogP contribution is -2.29. The zero-order valence-corrected chi connectivity index (χ0v) is 4.85.